The van der Waals surface area contributed by atoms with Gasteiger partial charge in [0.25, 0.3) is 0 Å². The normalized spacial score (nSPS) is 58.2. The molecule has 18 nitrogen and oxygen atoms in total. The van der Waals surface area contributed by atoms with Gasteiger partial charge < -0.3 is 89.3 Å². The van der Waals surface area contributed by atoms with E-state index in [1.807, 2.05) is 0 Å². The van der Waals surface area contributed by atoms with Crippen LogP contribution in [0.3, 0.4) is 0 Å². The first-order valence-corrected chi connectivity index (χ1v) is 23.8. The van der Waals surface area contributed by atoms with Crippen molar-refractivity contribution >= 4 is 0 Å². The summed E-state index contributed by atoms with van der Waals surface area (Å²) in [5, 5.41) is 119. The summed E-state index contributed by atoms with van der Waals surface area (Å²) >= 11 is 0. The molecule has 25 unspecified atom stereocenters. The van der Waals surface area contributed by atoms with Gasteiger partial charge in [-0.2, -0.15) is 0 Å². The van der Waals surface area contributed by atoms with Crippen molar-refractivity contribution < 1.29 is 89.3 Å². The van der Waals surface area contributed by atoms with Gasteiger partial charge in [0.15, 0.2) is 18.9 Å². The maximum absolute atomic E-state index is 12.3. The third-order valence-corrected chi connectivity index (χ3v) is 19.3. The highest BCUT2D eigenvalue weighted by atomic mass is 16.7. The number of aliphatic hydroxyl groups excluding tert-OH is 10. The van der Waals surface area contributed by atoms with Gasteiger partial charge in [-0.05, 0) is 117 Å². The lowest BCUT2D eigenvalue weighted by atomic mass is 9.41. The van der Waals surface area contributed by atoms with Crippen molar-refractivity contribution in [3.63, 3.8) is 0 Å². The Bertz CT molecular complexity index is 1710. The summed E-state index contributed by atoms with van der Waals surface area (Å²) in [7, 11) is 0. The van der Waals surface area contributed by atoms with Gasteiger partial charge >= 0.3 is 0 Å². The van der Waals surface area contributed by atoms with Crippen molar-refractivity contribution in [3.8, 4) is 0 Å². The molecule has 5 saturated carbocycles. The molecule has 9 aliphatic rings. The Labute approximate surface area is 375 Å². The monoisotopic (exact) mass is 917 g/mol. The lowest BCUT2D eigenvalue weighted by Crippen LogP contribution is -2.65. The van der Waals surface area contributed by atoms with Crippen LogP contribution in [0.15, 0.2) is 0 Å². The van der Waals surface area contributed by atoms with E-state index in [9.17, 15) is 56.2 Å². The van der Waals surface area contributed by atoms with Crippen LogP contribution in [-0.4, -0.2) is 192 Å². The van der Waals surface area contributed by atoms with E-state index in [4.69, 9.17) is 33.2 Å². The van der Waals surface area contributed by atoms with Gasteiger partial charge in [0, 0.05) is 5.92 Å². The van der Waals surface area contributed by atoms with Crippen LogP contribution < -0.4 is 0 Å². The Morgan fingerprint density at radius 2 is 1.28 bits per heavy atom. The SMILES string of the molecule is CC(C)(O)C1CCC(C)(C2C(O)CC3(C)C4CC(OC5OCC(O)C(O)C5O)C5C(C)(C)C(OC6OCC(O)C(OC7OC(CO)C(O)C(O)C7O)C6O)CCC56CC46CCC23C)O1. The molecule has 11 N–H and O–H groups in total. The molecule has 18 heteroatoms. The molecular weight excluding hydrogens is 840 g/mol. The van der Waals surface area contributed by atoms with Crippen LogP contribution in [0.5, 0.6) is 0 Å². The minimum atomic E-state index is -1.76. The topological polar surface area (TPSA) is 287 Å². The first-order chi connectivity index (χ1) is 29.8. The highest BCUT2D eigenvalue weighted by molar-refractivity contribution is 5.33. The highest BCUT2D eigenvalue weighted by Gasteiger charge is 2.85. The summed E-state index contributed by atoms with van der Waals surface area (Å²) < 4.78 is 43.7. The fourth-order valence-electron chi connectivity index (χ4n) is 16.1. The molecule has 5 aliphatic carbocycles. The van der Waals surface area contributed by atoms with E-state index in [2.05, 4.69) is 34.6 Å². The van der Waals surface area contributed by atoms with Crippen molar-refractivity contribution in [2.45, 2.75) is 222 Å². The standard InChI is InChI=1S/C46H76O18/c1-40(2)26(62-38-33(56)34(22(50)18-59-38)63-39-32(55)30(53)29(52)24(16-47)61-39)9-11-46-19-45(46)13-12-42(5)35(44(7)10-8-27(64-44)41(3,4)57)20(48)15-43(42,6)25(45)14-23(36(40)46)60-37-31(54)28(51)21(49)17-58-37/h20-39,47-57H,8-19H2,1-7H3. The van der Waals surface area contributed by atoms with Crippen LogP contribution in [0.1, 0.15) is 106 Å². The number of fused-ring (bicyclic) bond motifs is 2. The minimum Gasteiger partial charge on any atom is -0.394 e. The largest absolute Gasteiger partial charge is 0.394 e. The second-order valence-electron chi connectivity index (χ2n) is 23.4. The quantitative estimate of drug-likeness (QED) is 0.126. The summed E-state index contributed by atoms with van der Waals surface area (Å²) in [4.78, 5) is 0. The summed E-state index contributed by atoms with van der Waals surface area (Å²) in [6.45, 7) is 13.3. The van der Waals surface area contributed by atoms with Crippen LogP contribution in [0.25, 0.3) is 0 Å². The van der Waals surface area contributed by atoms with Gasteiger partial charge in [-0.25, -0.2) is 0 Å². The smallest absolute Gasteiger partial charge is 0.187 e. The molecule has 0 aromatic heterocycles. The maximum Gasteiger partial charge on any atom is 0.187 e. The molecule has 4 saturated heterocycles. The first kappa shape index (κ1) is 48.3. The number of hydrogen-bond donors (Lipinski definition) is 11. The molecule has 368 valence electrons. The van der Waals surface area contributed by atoms with Gasteiger partial charge in [-0.3, -0.25) is 0 Å². The van der Waals surface area contributed by atoms with Gasteiger partial charge in [0.2, 0.25) is 0 Å². The van der Waals surface area contributed by atoms with E-state index in [0.29, 0.717) is 25.7 Å². The average molecular weight is 917 g/mol. The van der Waals surface area contributed by atoms with Crippen molar-refractivity contribution in [1.29, 1.82) is 0 Å². The summed E-state index contributed by atoms with van der Waals surface area (Å²) in [5.74, 6) is -0.290. The number of hydrogen-bond acceptors (Lipinski definition) is 18. The molecule has 0 aromatic carbocycles. The van der Waals surface area contributed by atoms with Gasteiger partial charge in [-0.1, -0.05) is 27.7 Å². The van der Waals surface area contributed by atoms with Crippen LogP contribution >= 0.6 is 0 Å². The maximum atomic E-state index is 12.3. The first-order valence-electron chi connectivity index (χ1n) is 23.8. The van der Waals surface area contributed by atoms with Gasteiger partial charge in [0.05, 0.1) is 55.4 Å². The van der Waals surface area contributed by atoms with E-state index in [-0.39, 0.29) is 58.7 Å². The van der Waals surface area contributed by atoms with E-state index in [0.717, 1.165) is 32.1 Å². The summed E-state index contributed by atoms with van der Waals surface area (Å²) in [6.07, 6.45) is -14.7. The summed E-state index contributed by atoms with van der Waals surface area (Å²) in [5.41, 5.74) is -3.40. The zero-order valence-electron chi connectivity index (χ0n) is 38.3. The fourth-order valence-corrected chi connectivity index (χ4v) is 16.1. The molecule has 0 amide bonds. The summed E-state index contributed by atoms with van der Waals surface area (Å²) in [6, 6.07) is 0. The molecule has 0 bridgehead atoms. The average Bonchev–Trinajstić information content (AvgIpc) is 3.59. The number of rotatable bonds is 9. The second kappa shape index (κ2) is 16.2. The molecule has 4 heterocycles. The lowest BCUT2D eigenvalue weighted by molar-refractivity contribution is -0.358. The molecule has 4 aliphatic heterocycles. The van der Waals surface area contributed by atoms with Crippen molar-refractivity contribution in [3.05, 3.63) is 0 Å². The lowest BCUT2D eigenvalue weighted by Gasteiger charge is -2.65. The Morgan fingerprint density at radius 1 is 0.625 bits per heavy atom. The molecule has 9 fully saturated rings. The van der Waals surface area contributed by atoms with Crippen LogP contribution in [0.4, 0.5) is 0 Å². The van der Waals surface area contributed by atoms with Crippen LogP contribution in [-0.2, 0) is 33.2 Å². The Kier molecular flexibility index (Phi) is 12.2. The van der Waals surface area contributed by atoms with Gasteiger partial charge in [0.1, 0.15) is 61.0 Å². The van der Waals surface area contributed by atoms with E-state index < -0.39 is 121 Å². The van der Waals surface area contributed by atoms with E-state index in [1.165, 1.54) is 0 Å². The van der Waals surface area contributed by atoms with Crippen molar-refractivity contribution in [2.75, 3.05) is 19.8 Å². The molecule has 25 atom stereocenters. The molecule has 0 radical (unpaired) electrons. The Morgan fingerprint density at radius 3 is 1.94 bits per heavy atom. The Hall–Kier alpha value is -0.720. The third-order valence-electron chi connectivity index (χ3n) is 19.3. The van der Waals surface area contributed by atoms with Crippen LogP contribution in [0.2, 0.25) is 0 Å². The molecule has 64 heavy (non-hydrogen) atoms. The van der Waals surface area contributed by atoms with E-state index in [1.54, 1.807) is 13.8 Å². The molecule has 2 spiro atoms. The van der Waals surface area contributed by atoms with Crippen molar-refractivity contribution in [1.82, 2.24) is 0 Å². The molecule has 0 aromatic rings. The zero-order valence-corrected chi connectivity index (χ0v) is 38.3. The predicted octanol–water partition coefficient (Wildman–Crippen LogP) is -0.813. The molecule has 9 rings (SSSR count). The van der Waals surface area contributed by atoms with Gasteiger partial charge in [-0.15, -0.1) is 0 Å². The second-order valence-corrected chi connectivity index (χ2v) is 23.4. The number of ether oxygens (including phenoxy) is 7. The molecular formula is C46H76O18. The third kappa shape index (κ3) is 7.01. The van der Waals surface area contributed by atoms with E-state index >= 15 is 0 Å². The number of aliphatic hydroxyl groups is 11. The zero-order chi connectivity index (χ0) is 46.5. The van der Waals surface area contributed by atoms with Crippen LogP contribution in [0, 0.1) is 44.8 Å². The highest BCUT2D eigenvalue weighted by Crippen LogP contribution is 2.89. The fraction of sp³-hybridized carbons (Fsp3) is 1.00. The predicted molar refractivity (Wildman–Crippen MR) is 220 cm³/mol. The van der Waals surface area contributed by atoms with Crippen molar-refractivity contribution in [2.24, 2.45) is 44.8 Å². The minimum absolute atomic E-state index is 0.0876. The Balaban J connectivity index is 1.00.